The van der Waals surface area contributed by atoms with Crippen LogP contribution in [-0.2, 0) is 10.3 Å². The van der Waals surface area contributed by atoms with E-state index < -0.39 is 0 Å². The summed E-state index contributed by atoms with van der Waals surface area (Å²) in [6, 6.07) is 0. The molecule has 1 aromatic heterocycles. The third kappa shape index (κ3) is 2.00. The van der Waals surface area contributed by atoms with E-state index in [0.29, 0.717) is 18.1 Å². The lowest BCUT2D eigenvalue weighted by Crippen LogP contribution is -2.38. The van der Waals surface area contributed by atoms with E-state index in [-0.39, 0.29) is 17.6 Å². The Morgan fingerprint density at radius 1 is 1.61 bits per heavy atom. The van der Waals surface area contributed by atoms with Gasteiger partial charge in [0, 0.05) is 18.2 Å². The molecule has 1 aromatic rings. The van der Waals surface area contributed by atoms with Gasteiger partial charge in [-0.15, -0.1) is 0 Å². The van der Waals surface area contributed by atoms with Crippen molar-refractivity contribution in [2.75, 3.05) is 6.61 Å². The van der Waals surface area contributed by atoms with E-state index in [4.69, 9.17) is 9.47 Å². The molecule has 2 heterocycles. The molecule has 4 heteroatoms. The number of aryl methyl sites for hydroxylation is 1. The molecule has 0 bridgehead atoms. The summed E-state index contributed by atoms with van der Waals surface area (Å²) in [5.41, 5.74) is 1.43. The summed E-state index contributed by atoms with van der Waals surface area (Å²) in [6.07, 6.45) is 3.01. The molecule has 0 N–H and O–H groups in total. The van der Waals surface area contributed by atoms with Gasteiger partial charge in [0.2, 0.25) is 5.88 Å². The summed E-state index contributed by atoms with van der Waals surface area (Å²) >= 11 is 0. The maximum absolute atomic E-state index is 12.0. The molecule has 1 aliphatic rings. The molecular weight excluding hydrogens is 230 g/mol. The number of carbonyl (C=O) groups excluding carboxylic acids is 1. The highest BCUT2D eigenvalue weighted by molar-refractivity contribution is 5.94. The summed E-state index contributed by atoms with van der Waals surface area (Å²) in [5.74, 6) is 0.350. The van der Waals surface area contributed by atoms with Crippen molar-refractivity contribution < 1.29 is 14.3 Å². The predicted octanol–water partition coefficient (Wildman–Crippen LogP) is 2.88. The highest BCUT2D eigenvalue weighted by Gasteiger charge is 2.36. The molecule has 1 aliphatic heterocycles. The van der Waals surface area contributed by atoms with Gasteiger partial charge in [-0.2, -0.15) is 0 Å². The number of fused-ring (bicyclic) bond motifs is 1. The molecule has 0 aromatic carbocycles. The van der Waals surface area contributed by atoms with Crippen molar-refractivity contribution in [3.63, 3.8) is 0 Å². The predicted molar refractivity (Wildman–Crippen MR) is 69.2 cm³/mol. The van der Waals surface area contributed by atoms with Gasteiger partial charge in [-0.1, -0.05) is 0 Å². The second-order valence-corrected chi connectivity index (χ2v) is 5.53. The average Bonchev–Trinajstić information content (AvgIpc) is 2.54. The van der Waals surface area contributed by atoms with Crippen LogP contribution in [0.5, 0.6) is 5.88 Å². The minimum Gasteiger partial charge on any atom is -0.475 e. The first-order valence-electron chi connectivity index (χ1n) is 6.43. The Kier molecular flexibility index (Phi) is 3.13. The zero-order valence-electron chi connectivity index (χ0n) is 11.7. The highest BCUT2D eigenvalue weighted by Crippen LogP contribution is 2.39. The van der Waals surface area contributed by atoms with E-state index in [9.17, 15) is 4.79 Å². The molecule has 1 unspecified atom stereocenters. The lowest BCUT2D eigenvalue weighted by molar-refractivity contribution is 0.0498. The Morgan fingerprint density at radius 3 is 2.89 bits per heavy atom. The van der Waals surface area contributed by atoms with Crippen molar-refractivity contribution in [1.82, 2.24) is 4.57 Å². The van der Waals surface area contributed by atoms with E-state index in [1.807, 2.05) is 27.0 Å². The fraction of sp³-hybridized carbons (Fsp3) is 0.643. The second kappa shape index (κ2) is 4.34. The van der Waals surface area contributed by atoms with E-state index in [1.165, 1.54) is 0 Å². The van der Waals surface area contributed by atoms with Crippen molar-refractivity contribution in [3.8, 4) is 5.88 Å². The number of rotatable bonds is 2. The third-order valence-electron chi connectivity index (χ3n) is 3.38. The lowest BCUT2D eigenvalue weighted by Gasteiger charge is -2.37. The monoisotopic (exact) mass is 251 g/mol. The Morgan fingerprint density at radius 2 is 2.28 bits per heavy atom. The van der Waals surface area contributed by atoms with Crippen LogP contribution >= 0.6 is 0 Å². The SMILES string of the molecule is CCOC(=O)c1c(C)cn2c1OC(C)CC2(C)C. The molecule has 0 saturated carbocycles. The van der Waals surface area contributed by atoms with Gasteiger partial charge in [-0.25, -0.2) is 4.79 Å². The second-order valence-electron chi connectivity index (χ2n) is 5.53. The molecule has 18 heavy (non-hydrogen) atoms. The minimum absolute atomic E-state index is 0.0392. The van der Waals surface area contributed by atoms with E-state index in [2.05, 4.69) is 18.4 Å². The van der Waals surface area contributed by atoms with Crippen LogP contribution in [0.4, 0.5) is 0 Å². The van der Waals surface area contributed by atoms with E-state index in [1.54, 1.807) is 0 Å². The van der Waals surface area contributed by atoms with Gasteiger partial charge in [0.15, 0.2) is 0 Å². The van der Waals surface area contributed by atoms with Gasteiger partial charge in [0.05, 0.1) is 12.7 Å². The standard InChI is InChI=1S/C14H21NO3/c1-6-17-13(16)11-9(2)8-15-12(11)18-10(3)7-14(15,4)5/h8,10H,6-7H2,1-5H3. The number of nitrogens with zero attached hydrogens (tertiary/aromatic N) is 1. The molecule has 0 radical (unpaired) electrons. The van der Waals surface area contributed by atoms with Crippen molar-refractivity contribution in [3.05, 3.63) is 17.3 Å². The van der Waals surface area contributed by atoms with Crippen LogP contribution in [-0.4, -0.2) is 23.2 Å². The number of ether oxygens (including phenoxy) is 2. The molecular formula is C14H21NO3. The zero-order chi connectivity index (χ0) is 13.5. The molecule has 4 nitrogen and oxygen atoms in total. The quantitative estimate of drug-likeness (QED) is 0.759. The van der Waals surface area contributed by atoms with Gasteiger partial charge >= 0.3 is 5.97 Å². The first kappa shape index (κ1) is 13.0. The van der Waals surface area contributed by atoms with Gasteiger partial charge in [-0.3, -0.25) is 0 Å². The number of carbonyl (C=O) groups is 1. The smallest absolute Gasteiger partial charge is 0.343 e. The Balaban J connectivity index is 2.51. The normalized spacial score (nSPS) is 21.1. The molecule has 1 atom stereocenters. The van der Waals surface area contributed by atoms with Crippen molar-refractivity contribution in [2.45, 2.75) is 52.7 Å². The first-order chi connectivity index (χ1) is 8.36. The minimum atomic E-state index is -0.298. The van der Waals surface area contributed by atoms with Crippen LogP contribution in [0.3, 0.4) is 0 Å². The van der Waals surface area contributed by atoms with Crippen molar-refractivity contribution >= 4 is 5.97 Å². The number of hydrogen-bond donors (Lipinski definition) is 0. The van der Waals surface area contributed by atoms with E-state index in [0.717, 1.165) is 12.0 Å². The van der Waals surface area contributed by atoms with Crippen LogP contribution in [0.1, 0.15) is 50.0 Å². The third-order valence-corrected chi connectivity index (χ3v) is 3.38. The Hall–Kier alpha value is -1.45. The average molecular weight is 251 g/mol. The summed E-state index contributed by atoms with van der Waals surface area (Å²) < 4.78 is 13.0. The molecule has 0 amide bonds. The van der Waals surface area contributed by atoms with Crippen LogP contribution in [0.2, 0.25) is 0 Å². The van der Waals surface area contributed by atoms with E-state index >= 15 is 0 Å². The first-order valence-corrected chi connectivity index (χ1v) is 6.43. The molecule has 100 valence electrons. The van der Waals surface area contributed by atoms with Gasteiger partial charge < -0.3 is 14.0 Å². The molecule has 2 rings (SSSR count). The Bertz CT molecular complexity index is 474. The van der Waals surface area contributed by atoms with Gasteiger partial charge in [0.25, 0.3) is 0 Å². The van der Waals surface area contributed by atoms with Crippen LogP contribution < -0.4 is 4.74 Å². The fourth-order valence-electron chi connectivity index (χ4n) is 2.66. The summed E-state index contributed by atoms with van der Waals surface area (Å²) in [7, 11) is 0. The van der Waals surface area contributed by atoms with Crippen LogP contribution in [0.15, 0.2) is 6.20 Å². The fourth-order valence-corrected chi connectivity index (χ4v) is 2.66. The van der Waals surface area contributed by atoms with Crippen LogP contribution in [0, 0.1) is 6.92 Å². The summed E-state index contributed by atoms with van der Waals surface area (Å²) in [5, 5.41) is 0. The summed E-state index contributed by atoms with van der Waals surface area (Å²) in [4.78, 5) is 12.0. The number of aromatic nitrogens is 1. The van der Waals surface area contributed by atoms with Crippen molar-refractivity contribution in [2.24, 2.45) is 0 Å². The molecule has 0 fully saturated rings. The van der Waals surface area contributed by atoms with Crippen molar-refractivity contribution in [1.29, 1.82) is 0 Å². The maximum Gasteiger partial charge on any atom is 0.343 e. The largest absolute Gasteiger partial charge is 0.475 e. The van der Waals surface area contributed by atoms with Gasteiger partial charge in [-0.05, 0) is 40.2 Å². The summed E-state index contributed by atoms with van der Waals surface area (Å²) in [6.45, 7) is 10.4. The van der Waals surface area contributed by atoms with Crippen LogP contribution in [0.25, 0.3) is 0 Å². The topological polar surface area (TPSA) is 40.5 Å². The number of hydrogen-bond acceptors (Lipinski definition) is 3. The highest BCUT2D eigenvalue weighted by atomic mass is 16.5. The Labute approximate surface area is 108 Å². The molecule has 0 saturated heterocycles. The number of esters is 1. The lowest BCUT2D eigenvalue weighted by atomic mass is 9.95. The molecule has 0 aliphatic carbocycles. The maximum atomic E-state index is 12.0. The molecule has 0 spiro atoms. The zero-order valence-corrected chi connectivity index (χ0v) is 11.7. The van der Waals surface area contributed by atoms with Gasteiger partial charge in [0.1, 0.15) is 5.56 Å².